The highest BCUT2D eigenvalue weighted by Gasteiger charge is 2.22. The van der Waals surface area contributed by atoms with Gasteiger partial charge in [-0.1, -0.05) is 12.2 Å². The Labute approximate surface area is 118 Å². The van der Waals surface area contributed by atoms with Crippen LogP contribution >= 0.6 is 12.2 Å². The second kappa shape index (κ2) is 6.47. The molecule has 6 heteroatoms. The Bertz CT molecular complexity index is 473. The molecule has 0 saturated heterocycles. The first-order chi connectivity index (χ1) is 9.15. The predicted molar refractivity (Wildman–Crippen MR) is 79.0 cm³/mol. The SMILES string of the molecule is NC(=S)c1cc(NCCCC(=O)NC2CC2)ccn1. The van der Waals surface area contributed by atoms with Crippen LogP contribution in [0.25, 0.3) is 0 Å². The van der Waals surface area contributed by atoms with E-state index in [1.807, 2.05) is 12.1 Å². The minimum absolute atomic E-state index is 0.142. The molecule has 1 heterocycles. The molecule has 0 unspecified atom stereocenters. The van der Waals surface area contributed by atoms with Crippen LogP contribution in [-0.4, -0.2) is 28.5 Å². The zero-order chi connectivity index (χ0) is 13.7. The number of amides is 1. The van der Waals surface area contributed by atoms with Gasteiger partial charge in [0.2, 0.25) is 5.91 Å². The quantitative estimate of drug-likeness (QED) is 0.515. The summed E-state index contributed by atoms with van der Waals surface area (Å²) < 4.78 is 0. The maximum atomic E-state index is 11.5. The number of hydrogen-bond acceptors (Lipinski definition) is 4. The molecule has 4 N–H and O–H groups in total. The summed E-state index contributed by atoms with van der Waals surface area (Å²) in [6.07, 6.45) is 5.27. The monoisotopic (exact) mass is 278 g/mol. The molecule has 0 radical (unpaired) electrons. The fraction of sp³-hybridized carbons (Fsp3) is 0.462. The van der Waals surface area contributed by atoms with Crippen molar-refractivity contribution in [1.29, 1.82) is 0 Å². The maximum Gasteiger partial charge on any atom is 0.220 e. The lowest BCUT2D eigenvalue weighted by Gasteiger charge is -2.07. The van der Waals surface area contributed by atoms with Crippen molar-refractivity contribution in [3.63, 3.8) is 0 Å². The first-order valence-electron chi connectivity index (χ1n) is 6.44. The molecule has 1 saturated carbocycles. The van der Waals surface area contributed by atoms with E-state index >= 15 is 0 Å². The van der Waals surface area contributed by atoms with Gasteiger partial charge in [0.25, 0.3) is 0 Å². The lowest BCUT2D eigenvalue weighted by atomic mass is 10.2. The summed E-state index contributed by atoms with van der Waals surface area (Å²) in [5.41, 5.74) is 7.04. The van der Waals surface area contributed by atoms with E-state index in [1.165, 1.54) is 0 Å². The Morgan fingerprint density at radius 3 is 3.00 bits per heavy atom. The number of pyridine rings is 1. The van der Waals surface area contributed by atoms with Gasteiger partial charge in [-0.25, -0.2) is 0 Å². The molecule has 102 valence electrons. The third-order valence-electron chi connectivity index (χ3n) is 2.86. The highest BCUT2D eigenvalue weighted by atomic mass is 32.1. The van der Waals surface area contributed by atoms with Gasteiger partial charge in [-0.2, -0.15) is 0 Å². The fourth-order valence-corrected chi connectivity index (χ4v) is 1.80. The zero-order valence-electron chi connectivity index (χ0n) is 10.7. The number of carbonyl (C=O) groups excluding carboxylic acids is 1. The summed E-state index contributed by atoms with van der Waals surface area (Å²) in [5, 5.41) is 6.20. The highest BCUT2D eigenvalue weighted by Crippen LogP contribution is 2.18. The van der Waals surface area contributed by atoms with Gasteiger partial charge in [0.15, 0.2) is 0 Å². The van der Waals surface area contributed by atoms with Crippen molar-refractivity contribution in [3.8, 4) is 0 Å². The molecule has 1 aliphatic rings. The van der Waals surface area contributed by atoms with Crippen molar-refractivity contribution in [2.75, 3.05) is 11.9 Å². The first kappa shape index (κ1) is 13.7. The highest BCUT2D eigenvalue weighted by molar-refractivity contribution is 7.80. The predicted octanol–water partition coefficient (Wildman–Crippen LogP) is 1.19. The number of nitrogens with one attached hydrogen (secondary N) is 2. The van der Waals surface area contributed by atoms with Gasteiger partial charge in [-0.15, -0.1) is 0 Å². The average molecular weight is 278 g/mol. The molecule has 19 heavy (non-hydrogen) atoms. The molecule has 1 aromatic heterocycles. The third-order valence-corrected chi connectivity index (χ3v) is 3.07. The van der Waals surface area contributed by atoms with Crippen LogP contribution in [0.4, 0.5) is 5.69 Å². The van der Waals surface area contributed by atoms with Gasteiger partial charge >= 0.3 is 0 Å². The van der Waals surface area contributed by atoms with E-state index in [1.54, 1.807) is 6.20 Å². The van der Waals surface area contributed by atoms with Gasteiger partial charge < -0.3 is 16.4 Å². The van der Waals surface area contributed by atoms with Gasteiger partial charge in [0.05, 0.1) is 5.69 Å². The minimum atomic E-state index is 0.142. The van der Waals surface area contributed by atoms with Crippen molar-refractivity contribution >= 4 is 28.8 Å². The summed E-state index contributed by atoms with van der Waals surface area (Å²) in [6, 6.07) is 4.10. The number of rotatable bonds is 7. The molecule has 0 aliphatic heterocycles. The van der Waals surface area contributed by atoms with E-state index in [9.17, 15) is 4.79 Å². The van der Waals surface area contributed by atoms with Crippen LogP contribution < -0.4 is 16.4 Å². The third kappa shape index (κ3) is 4.82. The van der Waals surface area contributed by atoms with Crippen molar-refractivity contribution in [2.24, 2.45) is 5.73 Å². The fourth-order valence-electron chi connectivity index (χ4n) is 1.68. The topological polar surface area (TPSA) is 80.0 Å². The summed E-state index contributed by atoms with van der Waals surface area (Å²) in [5.74, 6) is 0.142. The van der Waals surface area contributed by atoms with Crippen LogP contribution in [0.2, 0.25) is 0 Å². The van der Waals surface area contributed by atoms with Crippen molar-refractivity contribution in [3.05, 3.63) is 24.0 Å². The van der Waals surface area contributed by atoms with Gasteiger partial charge in [-0.05, 0) is 31.4 Å². The van der Waals surface area contributed by atoms with Crippen LogP contribution in [0.5, 0.6) is 0 Å². The van der Waals surface area contributed by atoms with Crippen molar-refractivity contribution in [2.45, 2.75) is 31.7 Å². The summed E-state index contributed by atoms with van der Waals surface area (Å²) >= 11 is 4.87. The number of anilines is 1. The van der Waals surface area contributed by atoms with Gasteiger partial charge in [0, 0.05) is 30.9 Å². The molecule has 1 amide bonds. The Kier molecular flexibility index (Phi) is 4.68. The number of nitrogens with two attached hydrogens (primary N) is 1. The molecule has 0 atom stereocenters. The summed E-state index contributed by atoms with van der Waals surface area (Å²) in [6.45, 7) is 0.735. The molecule has 2 rings (SSSR count). The minimum Gasteiger partial charge on any atom is -0.388 e. The number of aromatic nitrogens is 1. The summed E-state index contributed by atoms with van der Waals surface area (Å²) in [7, 11) is 0. The number of carbonyl (C=O) groups is 1. The number of nitrogens with zero attached hydrogens (tertiary/aromatic N) is 1. The van der Waals surface area contributed by atoms with Gasteiger partial charge in [0.1, 0.15) is 4.99 Å². The second-order valence-electron chi connectivity index (χ2n) is 4.67. The molecule has 0 aromatic carbocycles. The molecule has 0 spiro atoms. The molecule has 5 nitrogen and oxygen atoms in total. The molecule has 1 aliphatic carbocycles. The van der Waals surface area contributed by atoms with Crippen LogP contribution in [0.3, 0.4) is 0 Å². The van der Waals surface area contributed by atoms with E-state index in [0.717, 1.165) is 31.5 Å². The maximum absolute atomic E-state index is 11.5. The van der Waals surface area contributed by atoms with Crippen LogP contribution in [0, 0.1) is 0 Å². The Hall–Kier alpha value is -1.69. The van der Waals surface area contributed by atoms with Gasteiger partial charge in [-0.3, -0.25) is 9.78 Å². The second-order valence-corrected chi connectivity index (χ2v) is 5.11. The van der Waals surface area contributed by atoms with E-state index < -0.39 is 0 Å². The van der Waals surface area contributed by atoms with Crippen LogP contribution in [0.15, 0.2) is 18.3 Å². The number of thiocarbonyl (C=S) groups is 1. The zero-order valence-corrected chi connectivity index (χ0v) is 11.5. The van der Waals surface area contributed by atoms with Crippen LogP contribution in [-0.2, 0) is 4.79 Å². The molecule has 1 aromatic rings. The summed E-state index contributed by atoms with van der Waals surface area (Å²) in [4.78, 5) is 15.8. The largest absolute Gasteiger partial charge is 0.388 e. The lowest BCUT2D eigenvalue weighted by molar-refractivity contribution is -0.121. The Balaban J connectivity index is 1.68. The average Bonchev–Trinajstić information content (AvgIpc) is 3.19. The molecule has 1 fully saturated rings. The molecule has 0 bridgehead atoms. The van der Waals surface area contributed by atoms with Crippen LogP contribution in [0.1, 0.15) is 31.4 Å². The van der Waals surface area contributed by atoms with E-state index in [4.69, 9.17) is 18.0 Å². The Morgan fingerprint density at radius 2 is 2.32 bits per heavy atom. The van der Waals surface area contributed by atoms with E-state index in [0.29, 0.717) is 18.2 Å². The molecular weight excluding hydrogens is 260 g/mol. The first-order valence-corrected chi connectivity index (χ1v) is 6.85. The van der Waals surface area contributed by atoms with Crippen molar-refractivity contribution < 1.29 is 4.79 Å². The number of hydrogen-bond donors (Lipinski definition) is 3. The normalized spacial score (nSPS) is 13.9. The lowest BCUT2D eigenvalue weighted by Crippen LogP contribution is -2.25. The van der Waals surface area contributed by atoms with Crippen molar-refractivity contribution in [1.82, 2.24) is 10.3 Å². The molecular formula is C13H18N4OS. The Morgan fingerprint density at radius 1 is 1.53 bits per heavy atom. The smallest absolute Gasteiger partial charge is 0.220 e. The van der Waals surface area contributed by atoms with E-state index in [2.05, 4.69) is 15.6 Å². The standard InChI is InChI=1S/C13H18N4OS/c14-13(19)11-8-10(5-7-16-11)15-6-1-2-12(18)17-9-3-4-9/h5,7-9H,1-4,6H2,(H2,14,19)(H,15,16)(H,17,18). The van der Waals surface area contributed by atoms with E-state index in [-0.39, 0.29) is 10.9 Å².